The molecule has 0 N–H and O–H groups in total. The van der Waals surface area contributed by atoms with Crippen LogP contribution in [0.5, 0.6) is 0 Å². The Balaban J connectivity index is 1.75. The number of carbonyl (C=O) groups excluding carboxylic acids is 3. The zero-order valence-electron chi connectivity index (χ0n) is 15.8. The minimum absolute atomic E-state index is 0.0165. The lowest BCUT2D eigenvalue weighted by atomic mass is 10.2. The van der Waals surface area contributed by atoms with Crippen molar-refractivity contribution in [3.05, 3.63) is 24.2 Å². The number of hydrogen-bond donors (Lipinski definition) is 0. The topological polar surface area (TPSA) is 74.1 Å². The van der Waals surface area contributed by atoms with Gasteiger partial charge in [-0.2, -0.15) is 0 Å². The van der Waals surface area contributed by atoms with E-state index in [1.165, 1.54) is 6.26 Å². The summed E-state index contributed by atoms with van der Waals surface area (Å²) >= 11 is 0. The van der Waals surface area contributed by atoms with Crippen molar-refractivity contribution in [2.75, 3.05) is 39.3 Å². The van der Waals surface area contributed by atoms with Gasteiger partial charge >= 0.3 is 0 Å². The van der Waals surface area contributed by atoms with Crippen LogP contribution >= 0.6 is 0 Å². The van der Waals surface area contributed by atoms with E-state index in [0.717, 1.165) is 19.3 Å². The monoisotopic (exact) mass is 363 g/mol. The number of hydrogen-bond acceptors (Lipinski definition) is 4. The maximum atomic E-state index is 12.4. The van der Waals surface area contributed by atoms with E-state index in [-0.39, 0.29) is 17.7 Å². The first-order chi connectivity index (χ1) is 12.5. The summed E-state index contributed by atoms with van der Waals surface area (Å²) in [5, 5.41) is 0. The van der Waals surface area contributed by atoms with Gasteiger partial charge in [-0.15, -0.1) is 0 Å². The molecule has 7 nitrogen and oxygen atoms in total. The van der Waals surface area contributed by atoms with Gasteiger partial charge in [0.1, 0.15) is 0 Å². The van der Waals surface area contributed by atoms with Crippen molar-refractivity contribution in [3.63, 3.8) is 0 Å². The average molecular weight is 363 g/mol. The number of amides is 3. The molecule has 2 heterocycles. The van der Waals surface area contributed by atoms with E-state index in [4.69, 9.17) is 4.42 Å². The van der Waals surface area contributed by atoms with Crippen LogP contribution in [0.15, 0.2) is 22.8 Å². The Kier molecular flexibility index (Phi) is 7.69. The highest BCUT2D eigenvalue weighted by Crippen LogP contribution is 2.10. The lowest BCUT2D eigenvalue weighted by Gasteiger charge is -2.34. The Morgan fingerprint density at radius 3 is 2.35 bits per heavy atom. The first kappa shape index (κ1) is 20.0. The standard InChI is InChI=1S/C19H29N3O4/c1-3-4-5-9-20(16(2)23)10-8-18(24)21-11-13-22(14-12-21)19(25)17-7-6-15-26-17/h6-7,15H,3-5,8-14H2,1-2H3. The van der Waals surface area contributed by atoms with Crippen LogP contribution < -0.4 is 0 Å². The second kappa shape index (κ2) is 9.99. The fourth-order valence-electron chi connectivity index (χ4n) is 3.08. The molecule has 0 bridgehead atoms. The highest BCUT2D eigenvalue weighted by atomic mass is 16.3. The van der Waals surface area contributed by atoms with Crippen molar-refractivity contribution in [1.29, 1.82) is 0 Å². The first-order valence-electron chi connectivity index (χ1n) is 9.39. The van der Waals surface area contributed by atoms with Crippen molar-refractivity contribution in [2.24, 2.45) is 0 Å². The Morgan fingerprint density at radius 2 is 1.77 bits per heavy atom. The van der Waals surface area contributed by atoms with E-state index in [1.807, 2.05) is 0 Å². The van der Waals surface area contributed by atoms with E-state index >= 15 is 0 Å². The van der Waals surface area contributed by atoms with E-state index in [9.17, 15) is 14.4 Å². The summed E-state index contributed by atoms with van der Waals surface area (Å²) in [5.74, 6) is 0.245. The summed E-state index contributed by atoms with van der Waals surface area (Å²) in [7, 11) is 0. The van der Waals surface area contributed by atoms with E-state index in [0.29, 0.717) is 51.4 Å². The maximum Gasteiger partial charge on any atom is 0.289 e. The number of piperazine rings is 1. The van der Waals surface area contributed by atoms with Gasteiger partial charge in [0.05, 0.1) is 6.26 Å². The van der Waals surface area contributed by atoms with E-state index in [1.54, 1.807) is 33.8 Å². The third-order valence-corrected chi connectivity index (χ3v) is 4.72. The van der Waals surface area contributed by atoms with Crippen molar-refractivity contribution in [2.45, 2.75) is 39.5 Å². The first-order valence-corrected chi connectivity index (χ1v) is 9.39. The summed E-state index contributed by atoms with van der Waals surface area (Å²) in [5.41, 5.74) is 0. The molecule has 1 aromatic rings. The molecule has 0 radical (unpaired) electrons. The normalized spacial score (nSPS) is 14.4. The van der Waals surface area contributed by atoms with Crippen LogP contribution in [-0.2, 0) is 9.59 Å². The van der Waals surface area contributed by atoms with Gasteiger partial charge in [-0.1, -0.05) is 19.8 Å². The maximum absolute atomic E-state index is 12.4. The molecule has 1 saturated heterocycles. The third kappa shape index (κ3) is 5.61. The van der Waals surface area contributed by atoms with Crippen LogP contribution in [-0.4, -0.2) is 71.7 Å². The number of unbranched alkanes of at least 4 members (excludes halogenated alkanes) is 2. The van der Waals surface area contributed by atoms with Crippen molar-refractivity contribution >= 4 is 17.7 Å². The van der Waals surface area contributed by atoms with Gasteiger partial charge in [0.25, 0.3) is 5.91 Å². The van der Waals surface area contributed by atoms with Gasteiger partial charge in [-0.25, -0.2) is 0 Å². The van der Waals surface area contributed by atoms with Crippen LogP contribution in [0.4, 0.5) is 0 Å². The zero-order valence-corrected chi connectivity index (χ0v) is 15.8. The molecule has 1 aromatic heterocycles. The largest absolute Gasteiger partial charge is 0.459 e. The number of rotatable bonds is 8. The van der Waals surface area contributed by atoms with Crippen molar-refractivity contribution in [3.8, 4) is 0 Å². The van der Waals surface area contributed by atoms with Gasteiger partial charge in [0, 0.05) is 52.6 Å². The number of carbonyl (C=O) groups is 3. The molecule has 0 atom stereocenters. The molecule has 1 aliphatic rings. The summed E-state index contributed by atoms with van der Waals surface area (Å²) in [4.78, 5) is 41.6. The van der Waals surface area contributed by atoms with E-state index < -0.39 is 0 Å². The Morgan fingerprint density at radius 1 is 1.08 bits per heavy atom. The summed E-state index contributed by atoms with van der Waals surface area (Å²) in [6.45, 7) is 6.87. The Bertz CT molecular complexity index is 592. The van der Waals surface area contributed by atoms with Gasteiger partial charge in [-0.05, 0) is 18.6 Å². The lowest BCUT2D eigenvalue weighted by Crippen LogP contribution is -2.51. The SMILES string of the molecule is CCCCCN(CCC(=O)N1CCN(C(=O)c2ccco2)CC1)C(C)=O. The van der Waals surface area contributed by atoms with Crippen LogP contribution in [0.1, 0.15) is 50.1 Å². The molecule has 0 saturated carbocycles. The summed E-state index contributed by atoms with van der Waals surface area (Å²) < 4.78 is 5.14. The van der Waals surface area contributed by atoms with Gasteiger partial charge in [0.2, 0.25) is 11.8 Å². The summed E-state index contributed by atoms with van der Waals surface area (Å²) in [6.07, 6.45) is 4.97. The number of nitrogens with zero attached hydrogens (tertiary/aromatic N) is 3. The van der Waals surface area contributed by atoms with Gasteiger partial charge < -0.3 is 19.1 Å². The minimum Gasteiger partial charge on any atom is -0.459 e. The molecule has 0 unspecified atom stereocenters. The molecule has 1 aliphatic heterocycles. The molecule has 1 fully saturated rings. The second-order valence-corrected chi connectivity index (χ2v) is 6.61. The molecule has 0 spiro atoms. The summed E-state index contributed by atoms with van der Waals surface area (Å²) in [6, 6.07) is 3.34. The fraction of sp³-hybridized carbons (Fsp3) is 0.632. The molecule has 0 aliphatic carbocycles. The lowest BCUT2D eigenvalue weighted by molar-refractivity contribution is -0.134. The van der Waals surface area contributed by atoms with Crippen LogP contribution in [0.2, 0.25) is 0 Å². The van der Waals surface area contributed by atoms with Crippen LogP contribution in [0.3, 0.4) is 0 Å². The fourth-order valence-corrected chi connectivity index (χ4v) is 3.08. The molecule has 26 heavy (non-hydrogen) atoms. The smallest absolute Gasteiger partial charge is 0.289 e. The predicted molar refractivity (Wildman–Crippen MR) is 97.6 cm³/mol. The quantitative estimate of drug-likeness (QED) is 0.662. The van der Waals surface area contributed by atoms with Crippen LogP contribution in [0, 0.1) is 0 Å². The highest BCUT2D eigenvalue weighted by Gasteiger charge is 2.26. The molecule has 3 amide bonds. The molecule has 0 aromatic carbocycles. The predicted octanol–water partition coefficient (Wildman–Crippen LogP) is 1.99. The van der Waals surface area contributed by atoms with Gasteiger partial charge in [-0.3, -0.25) is 14.4 Å². The molecule has 7 heteroatoms. The van der Waals surface area contributed by atoms with E-state index in [2.05, 4.69) is 6.92 Å². The molecule has 2 rings (SSSR count). The third-order valence-electron chi connectivity index (χ3n) is 4.72. The molecular formula is C19H29N3O4. The Labute approximate surface area is 154 Å². The second-order valence-electron chi connectivity index (χ2n) is 6.61. The Hall–Kier alpha value is -2.31. The highest BCUT2D eigenvalue weighted by molar-refractivity contribution is 5.91. The number of furan rings is 1. The molecule has 144 valence electrons. The average Bonchev–Trinajstić information content (AvgIpc) is 3.18. The molecular weight excluding hydrogens is 334 g/mol. The van der Waals surface area contributed by atoms with Crippen molar-refractivity contribution in [1.82, 2.24) is 14.7 Å². The minimum atomic E-state index is -0.138. The van der Waals surface area contributed by atoms with Gasteiger partial charge in [0.15, 0.2) is 5.76 Å². The van der Waals surface area contributed by atoms with Crippen LogP contribution in [0.25, 0.3) is 0 Å². The zero-order chi connectivity index (χ0) is 18.9. The van der Waals surface area contributed by atoms with Crippen molar-refractivity contribution < 1.29 is 18.8 Å².